The van der Waals surface area contributed by atoms with E-state index in [1.807, 2.05) is 52.8 Å². The van der Waals surface area contributed by atoms with E-state index in [4.69, 9.17) is 0 Å². The van der Waals surface area contributed by atoms with Gasteiger partial charge in [-0.1, -0.05) is 102 Å². The van der Waals surface area contributed by atoms with E-state index in [1.165, 1.54) is 12.5 Å². The molecule has 0 heterocycles. The maximum atomic E-state index is 12.3. The van der Waals surface area contributed by atoms with E-state index in [0.29, 0.717) is 24.2 Å². The van der Waals surface area contributed by atoms with Gasteiger partial charge in [-0.05, 0) is 56.6 Å². The van der Waals surface area contributed by atoms with Gasteiger partial charge in [-0.2, -0.15) is 0 Å². The Kier molecular flexibility index (Phi) is 20.5. The minimum Gasteiger partial charge on any atom is -0.382 e. The van der Waals surface area contributed by atoms with Crippen molar-refractivity contribution in [2.45, 2.75) is 80.2 Å². The van der Waals surface area contributed by atoms with Gasteiger partial charge in [0.2, 0.25) is 0 Å². The molecule has 33 heavy (non-hydrogen) atoms. The lowest BCUT2D eigenvalue weighted by atomic mass is 10.0. The van der Waals surface area contributed by atoms with Crippen LogP contribution in [0, 0.1) is 11.8 Å². The number of hydrogen-bond acceptors (Lipinski definition) is 1. The maximum Gasteiger partial charge on any atom is 0.0897 e. The molecule has 0 saturated heterocycles. The van der Waals surface area contributed by atoms with E-state index < -0.39 is 0 Å². The second-order valence-corrected chi connectivity index (χ2v) is 7.54. The maximum absolute atomic E-state index is 12.3. The van der Waals surface area contributed by atoms with Crippen molar-refractivity contribution in [3.05, 3.63) is 84.1 Å². The smallest absolute Gasteiger partial charge is 0.0897 e. The Morgan fingerprint density at radius 1 is 1.06 bits per heavy atom. The third-order valence-corrected chi connectivity index (χ3v) is 5.41. The van der Waals surface area contributed by atoms with Gasteiger partial charge in [0.15, 0.2) is 0 Å². The van der Waals surface area contributed by atoms with Gasteiger partial charge in [0.1, 0.15) is 0 Å². The lowest BCUT2D eigenvalue weighted by molar-refractivity contribution is 0.473. The molecular formula is C30H49F2N. The zero-order valence-corrected chi connectivity index (χ0v) is 22.4. The van der Waals surface area contributed by atoms with Gasteiger partial charge in [0.05, 0.1) is 13.3 Å². The molecule has 1 aliphatic carbocycles. The summed E-state index contributed by atoms with van der Waals surface area (Å²) in [5.74, 6) is 1.65. The van der Waals surface area contributed by atoms with Gasteiger partial charge < -0.3 is 5.32 Å². The summed E-state index contributed by atoms with van der Waals surface area (Å²) in [6.07, 6.45) is 7.45. The molecule has 1 aromatic carbocycles. The van der Waals surface area contributed by atoms with Crippen molar-refractivity contribution in [2.24, 2.45) is 11.8 Å². The van der Waals surface area contributed by atoms with Gasteiger partial charge in [0, 0.05) is 17.7 Å². The Morgan fingerprint density at radius 2 is 1.61 bits per heavy atom. The third kappa shape index (κ3) is 12.6. The zero-order valence-electron chi connectivity index (χ0n) is 22.4. The SMILES string of the molecule is C=C(/C=C\C(=C/C)CCCF)C(C)NC(=C)C1C(C)C1c1ccccc1.CC.CC.CCF. The molecular weight excluding hydrogens is 412 g/mol. The van der Waals surface area contributed by atoms with Crippen molar-refractivity contribution in [3.63, 3.8) is 0 Å². The normalized spacial score (nSPS) is 19.6. The minimum atomic E-state index is -0.272. The van der Waals surface area contributed by atoms with Crippen molar-refractivity contribution in [3.8, 4) is 0 Å². The van der Waals surface area contributed by atoms with Crippen LogP contribution in [0.15, 0.2) is 78.6 Å². The van der Waals surface area contributed by atoms with Gasteiger partial charge in [0.25, 0.3) is 0 Å². The molecule has 2 rings (SSSR count). The molecule has 1 fully saturated rings. The van der Waals surface area contributed by atoms with Crippen molar-refractivity contribution < 1.29 is 8.78 Å². The summed E-state index contributed by atoms with van der Waals surface area (Å²) in [4.78, 5) is 0. The summed E-state index contributed by atoms with van der Waals surface area (Å²) in [6, 6.07) is 10.8. The molecule has 0 radical (unpaired) electrons. The molecule has 1 saturated carbocycles. The van der Waals surface area contributed by atoms with Gasteiger partial charge in [-0.15, -0.1) is 0 Å². The van der Waals surface area contributed by atoms with Crippen molar-refractivity contribution in [1.82, 2.24) is 5.32 Å². The Labute approximate surface area is 203 Å². The number of nitrogens with one attached hydrogen (secondary N) is 1. The fraction of sp³-hybridized carbons (Fsp3) is 0.533. The van der Waals surface area contributed by atoms with E-state index in [2.05, 4.69) is 62.7 Å². The van der Waals surface area contributed by atoms with Crippen molar-refractivity contribution in [1.29, 1.82) is 0 Å². The fourth-order valence-electron chi connectivity index (χ4n) is 3.60. The zero-order chi connectivity index (χ0) is 25.8. The average molecular weight is 462 g/mol. The molecule has 0 aliphatic heterocycles. The van der Waals surface area contributed by atoms with Crippen molar-refractivity contribution in [2.75, 3.05) is 13.3 Å². The number of alkyl halides is 2. The number of hydrogen-bond donors (Lipinski definition) is 1. The standard InChI is InChI=1S/C24H32FN.C2H5F.2C2H6/c1-6-21(11-10-16-25)15-14-17(2)19(4)26-20(5)23-18(3)24(23)22-12-8-7-9-13-22;1-2-3;2*1-2/h6-9,12-15,18-19,23-24,26H,2,5,10-11,16H2,1,3-4H3;2H2,1H3;2*1-2H3/b15-14-,21-6-;;;. The molecule has 4 unspecified atom stereocenters. The van der Waals surface area contributed by atoms with Crippen LogP contribution in [-0.4, -0.2) is 19.4 Å². The highest BCUT2D eigenvalue weighted by Gasteiger charge is 2.49. The van der Waals surface area contributed by atoms with Crippen LogP contribution < -0.4 is 5.32 Å². The quantitative estimate of drug-likeness (QED) is 0.342. The highest BCUT2D eigenvalue weighted by atomic mass is 19.1. The van der Waals surface area contributed by atoms with Crippen LogP contribution in [0.25, 0.3) is 0 Å². The molecule has 1 nitrogen and oxygen atoms in total. The van der Waals surface area contributed by atoms with Crippen LogP contribution in [0.5, 0.6) is 0 Å². The molecule has 0 bridgehead atoms. The molecule has 3 heteroatoms. The molecule has 1 N–H and O–H groups in total. The monoisotopic (exact) mass is 461 g/mol. The summed E-state index contributed by atoms with van der Waals surface area (Å²) < 4.78 is 22.6. The molecule has 1 aromatic rings. The van der Waals surface area contributed by atoms with Crippen LogP contribution >= 0.6 is 0 Å². The number of halogens is 2. The topological polar surface area (TPSA) is 12.0 Å². The molecule has 0 amide bonds. The van der Waals surface area contributed by atoms with Crippen LogP contribution in [0.2, 0.25) is 0 Å². The van der Waals surface area contributed by atoms with Crippen LogP contribution in [-0.2, 0) is 0 Å². The molecule has 188 valence electrons. The van der Waals surface area contributed by atoms with E-state index in [9.17, 15) is 8.78 Å². The first-order valence-electron chi connectivity index (χ1n) is 12.5. The molecule has 4 atom stereocenters. The van der Waals surface area contributed by atoms with Crippen LogP contribution in [0.4, 0.5) is 8.78 Å². The Balaban J connectivity index is 0. The summed E-state index contributed by atoms with van der Waals surface area (Å²) in [6.45, 7) is 23.8. The Morgan fingerprint density at radius 3 is 2.09 bits per heavy atom. The summed E-state index contributed by atoms with van der Waals surface area (Å²) >= 11 is 0. The van der Waals surface area contributed by atoms with E-state index >= 15 is 0 Å². The van der Waals surface area contributed by atoms with Gasteiger partial charge in [-0.25, -0.2) is 0 Å². The number of allylic oxidation sites excluding steroid dienone is 4. The lowest BCUT2D eigenvalue weighted by Gasteiger charge is -2.18. The molecule has 1 aliphatic rings. The number of benzene rings is 1. The molecule has 0 aromatic heterocycles. The summed E-state index contributed by atoms with van der Waals surface area (Å²) in [7, 11) is 0. The van der Waals surface area contributed by atoms with Gasteiger partial charge >= 0.3 is 0 Å². The molecule has 0 spiro atoms. The second kappa shape index (κ2) is 20.4. The van der Waals surface area contributed by atoms with E-state index in [1.54, 1.807) is 0 Å². The first-order valence-corrected chi connectivity index (χ1v) is 12.5. The predicted molar refractivity (Wildman–Crippen MR) is 145 cm³/mol. The summed E-state index contributed by atoms with van der Waals surface area (Å²) in [5.41, 5.74) is 4.65. The predicted octanol–water partition coefficient (Wildman–Crippen LogP) is 9.36. The second-order valence-electron chi connectivity index (χ2n) is 7.54. The van der Waals surface area contributed by atoms with Crippen molar-refractivity contribution >= 4 is 0 Å². The summed E-state index contributed by atoms with van der Waals surface area (Å²) in [5, 5.41) is 3.53. The van der Waals surface area contributed by atoms with Crippen LogP contribution in [0.1, 0.15) is 79.7 Å². The Bertz CT molecular complexity index is 691. The van der Waals surface area contributed by atoms with Crippen LogP contribution in [0.3, 0.4) is 0 Å². The third-order valence-electron chi connectivity index (χ3n) is 5.41. The first-order chi connectivity index (χ1) is 15.9. The fourth-order valence-corrected chi connectivity index (χ4v) is 3.60. The minimum absolute atomic E-state index is 0.127. The highest BCUT2D eigenvalue weighted by molar-refractivity contribution is 5.34. The lowest BCUT2D eigenvalue weighted by Crippen LogP contribution is -2.27. The van der Waals surface area contributed by atoms with E-state index in [0.717, 1.165) is 23.3 Å². The first kappa shape index (κ1) is 33.0. The Hall–Kier alpha value is -2.16. The highest BCUT2D eigenvalue weighted by Crippen LogP contribution is 2.56. The van der Waals surface area contributed by atoms with Gasteiger partial charge in [-0.3, -0.25) is 8.78 Å². The average Bonchev–Trinajstić information content (AvgIpc) is 3.53. The largest absolute Gasteiger partial charge is 0.382 e. The number of rotatable bonds is 10. The van der Waals surface area contributed by atoms with E-state index in [-0.39, 0.29) is 19.4 Å².